The molecule has 2 aromatic rings. The average molecular weight is 328 g/mol. The predicted molar refractivity (Wildman–Crippen MR) is 95.1 cm³/mol. The van der Waals surface area contributed by atoms with Crippen LogP contribution in [0.15, 0.2) is 18.2 Å². The van der Waals surface area contributed by atoms with Gasteiger partial charge in [0.2, 0.25) is 0 Å². The molecule has 0 atom stereocenters. The minimum absolute atomic E-state index is 0.479. The van der Waals surface area contributed by atoms with Crippen molar-refractivity contribution in [2.24, 2.45) is 0 Å². The van der Waals surface area contributed by atoms with Gasteiger partial charge in [-0.3, -0.25) is 10.00 Å². The molecule has 5 nitrogen and oxygen atoms in total. The van der Waals surface area contributed by atoms with Gasteiger partial charge in [-0.25, -0.2) is 4.98 Å². The van der Waals surface area contributed by atoms with Gasteiger partial charge >= 0.3 is 0 Å². The van der Waals surface area contributed by atoms with E-state index in [1.165, 1.54) is 16.7 Å². The Kier molecular flexibility index (Phi) is 5.63. The first kappa shape index (κ1) is 17.1. The Morgan fingerprint density at radius 3 is 2.79 bits per heavy atom. The number of likely N-dealkylation sites (tertiary alicyclic amines) is 1. The second-order valence-electron chi connectivity index (χ2n) is 6.86. The van der Waals surface area contributed by atoms with Crippen LogP contribution >= 0.6 is 0 Å². The highest BCUT2D eigenvalue weighted by atomic mass is 16.5. The fraction of sp³-hybridized carbons (Fsp3) is 0.579. The molecule has 1 aliphatic heterocycles. The fourth-order valence-corrected chi connectivity index (χ4v) is 3.36. The van der Waals surface area contributed by atoms with Crippen LogP contribution < -0.4 is 0 Å². The highest BCUT2D eigenvalue weighted by molar-refractivity contribution is 5.30. The van der Waals surface area contributed by atoms with E-state index in [0.717, 1.165) is 50.5 Å². The molecule has 3 rings (SSSR count). The molecule has 1 saturated heterocycles. The standard InChI is InChI=1S/C19H28N4O/c1-14-4-5-15(2)17(12-14)13-23-9-6-16(7-10-23)19-20-18(21-22-19)8-11-24-3/h4-5,12,16H,6-11,13H2,1-3H3,(H,20,21,22). The van der Waals surface area contributed by atoms with Crippen molar-refractivity contribution in [1.29, 1.82) is 0 Å². The molecule has 24 heavy (non-hydrogen) atoms. The molecule has 1 aromatic heterocycles. The topological polar surface area (TPSA) is 54.0 Å². The summed E-state index contributed by atoms with van der Waals surface area (Å²) in [4.78, 5) is 7.19. The van der Waals surface area contributed by atoms with Crippen molar-refractivity contribution < 1.29 is 4.74 Å². The largest absolute Gasteiger partial charge is 0.384 e. The highest BCUT2D eigenvalue weighted by Crippen LogP contribution is 2.27. The summed E-state index contributed by atoms with van der Waals surface area (Å²) in [6.07, 6.45) is 3.06. The maximum Gasteiger partial charge on any atom is 0.153 e. The van der Waals surface area contributed by atoms with Gasteiger partial charge in [-0.2, -0.15) is 5.10 Å². The van der Waals surface area contributed by atoms with E-state index in [1.54, 1.807) is 7.11 Å². The second kappa shape index (κ2) is 7.90. The fourth-order valence-electron chi connectivity index (χ4n) is 3.36. The van der Waals surface area contributed by atoms with Gasteiger partial charge in [0.05, 0.1) is 6.61 Å². The molecule has 2 heterocycles. The SMILES string of the molecule is COCCc1nc(C2CCN(Cc3cc(C)ccc3C)CC2)n[nH]1. The molecular formula is C19H28N4O. The highest BCUT2D eigenvalue weighted by Gasteiger charge is 2.24. The Morgan fingerprint density at radius 2 is 2.04 bits per heavy atom. The van der Waals surface area contributed by atoms with Crippen molar-refractivity contribution in [2.75, 3.05) is 26.8 Å². The molecule has 0 aliphatic carbocycles. The van der Waals surface area contributed by atoms with Gasteiger partial charge in [0.15, 0.2) is 5.82 Å². The molecule has 130 valence electrons. The molecule has 1 aliphatic rings. The molecule has 1 N–H and O–H groups in total. The van der Waals surface area contributed by atoms with Crippen molar-refractivity contribution >= 4 is 0 Å². The molecule has 5 heteroatoms. The minimum Gasteiger partial charge on any atom is -0.384 e. The summed E-state index contributed by atoms with van der Waals surface area (Å²) in [5.74, 6) is 2.39. The number of hydrogen-bond acceptors (Lipinski definition) is 4. The molecule has 0 unspecified atom stereocenters. The number of aromatic amines is 1. The zero-order chi connectivity index (χ0) is 16.9. The summed E-state index contributed by atoms with van der Waals surface area (Å²) >= 11 is 0. The molecule has 0 spiro atoms. The summed E-state index contributed by atoms with van der Waals surface area (Å²) < 4.78 is 5.09. The van der Waals surface area contributed by atoms with E-state index in [0.29, 0.717) is 12.5 Å². The van der Waals surface area contributed by atoms with Crippen molar-refractivity contribution in [1.82, 2.24) is 20.1 Å². The number of hydrogen-bond donors (Lipinski definition) is 1. The molecule has 0 saturated carbocycles. The number of nitrogens with zero attached hydrogens (tertiary/aromatic N) is 3. The first-order valence-electron chi connectivity index (χ1n) is 8.84. The number of H-pyrrole nitrogens is 1. The quantitative estimate of drug-likeness (QED) is 0.886. The lowest BCUT2D eigenvalue weighted by Gasteiger charge is -2.31. The molecule has 0 amide bonds. The Hall–Kier alpha value is -1.72. The van der Waals surface area contributed by atoms with Crippen LogP contribution in [0, 0.1) is 13.8 Å². The first-order valence-corrected chi connectivity index (χ1v) is 8.84. The third-order valence-electron chi connectivity index (χ3n) is 4.94. The van der Waals surface area contributed by atoms with Crippen LogP contribution in [-0.2, 0) is 17.7 Å². The monoisotopic (exact) mass is 328 g/mol. The Morgan fingerprint density at radius 1 is 1.25 bits per heavy atom. The van der Waals surface area contributed by atoms with Gasteiger partial charge in [0.1, 0.15) is 5.82 Å². The molecule has 0 radical (unpaired) electrons. The number of benzene rings is 1. The Labute approximate surface area is 144 Å². The second-order valence-corrected chi connectivity index (χ2v) is 6.86. The summed E-state index contributed by atoms with van der Waals surface area (Å²) in [5, 5.41) is 7.47. The number of piperidine rings is 1. The smallest absolute Gasteiger partial charge is 0.153 e. The van der Waals surface area contributed by atoms with Crippen molar-refractivity contribution in [3.05, 3.63) is 46.5 Å². The van der Waals surface area contributed by atoms with Crippen LogP contribution in [0.5, 0.6) is 0 Å². The number of aromatic nitrogens is 3. The van der Waals surface area contributed by atoms with E-state index in [-0.39, 0.29) is 0 Å². The summed E-state index contributed by atoms with van der Waals surface area (Å²) in [5.41, 5.74) is 4.18. The third-order valence-corrected chi connectivity index (χ3v) is 4.94. The van der Waals surface area contributed by atoms with Crippen LogP contribution in [0.3, 0.4) is 0 Å². The molecular weight excluding hydrogens is 300 g/mol. The van der Waals surface area contributed by atoms with Gasteiger partial charge in [-0.1, -0.05) is 23.8 Å². The lowest BCUT2D eigenvalue weighted by Crippen LogP contribution is -2.33. The summed E-state index contributed by atoms with van der Waals surface area (Å²) in [6, 6.07) is 6.74. The lowest BCUT2D eigenvalue weighted by atomic mass is 9.95. The Balaban J connectivity index is 1.54. The van der Waals surface area contributed by atoms with Crippen molar-refractivity contribution in [3.63, 3.8) is 0 Å². The summed E-state index contributed by atoms with van der Waals surface area (Å²) in [7, 11) is 1.71. The van der Waals surface area contributed by atoms with E-state index in [4.69, 9.17) is 4.74 Å². The number of nitrogens with one attached hydrogen (secondary N) is 1. The van der Waals surface area contributed by atoms with Crippen LogP contribution in [0.1, 0.15) is 47.1 Å². The maximum atomic E-state index is 5.09. The molecule has 1 aromatic carbocycles. The predicted octanol–water partition coefficient (Wildman–Crippen LogP) is 2.99. The number of methoxy groups -OCH3 is 1. The van der Waals surface area contributed by atoms with E-state index in [9.17, 15) is 0 Å². The minimum atomic E-state index is 0.479. The third kappa shape index (κ3) is 4.22. The maximum absolute atomic E-state index is 5.09. The van der Waals surface area contributed by atoms with E-state index in [1.807, 2.05) is 0 Å². The normalized spacial score (nSPS) is 16.6. The van der Waals surface area contributed by atoms with Crippen LogP contribution in [0.2, 0.25) is 0 Å². The van der Waals surface area contributed by atoms with Gasteiger partial charge < -0.3 is 4.74 Å². The Bertz CT molecular complexity index is 659. The lowest BCUT2D eigenvalue weighted by molar-refractivity contribution is 0.199. The van der Waals surface area contributed by atoms with Crippen molar-refractivity contribution in [3.8, 4) is 0 Å². The number of rotatable bonds is 6. The number of aryl methyl sites for hydroxylation is 2. The molecule has 1 fully saturated rings. The number of ether oxygens (including phenoxy) is 1. The molecule has 0 bridgehead atoms. The van der Waals surface area contributed by atoms with E-state index in [2.05, 4.69) is 52.1 Å². The van der Waals surface area contributed by atoms with Gasteiger partial charge in [0, 0.05) is 26.0 Å². The van der Waals surface area contributed by atoms with Gasteiger partial charge in [-0.05, 0) is 50.9 Å². The van der Waals surface area contributed by atoms with E-state index < -0.39 is 0 Å². The summed E-state index contributed by atoms with van der Waals surface area (Å²) in [6.45, 7) is 8.33. The zero-order valence-electron chi connectivity index (χ0n) is 15.0. The van der Waals surface area contributed by atoms with Gasteiger partial charge in [0.25, 0.3) is 0 Å². The van der Waals surface area contributed by atoms with Crippen LogP contribution in [0.4, 0.5) is 0 Å². The average Bonchev–Trinajstić information content (AvgIpc) is 3.06. The van der Waals surface area contributed by atoms with Gasteiger partial charge in [-0.15, -0.1) is 0 Å². The first-order chi connectivity index (χ1) is 11.7. The van der Waals surface area contributed by atoms with Crippen LogP contribution in [0.25, 0.3) is 0 Å². The van der Waals surface area contributed by atoms with E-state index >= 15 is 0 Å². The zero-order valence-corrected chi connectivity index (χ0v) is 15.0. The van der Waals surface area contributed by atoms with Crippen LogP contribution in [-0.4, -0.2) is 46.9 Å². The van der Waals surface area contributed by atoms with Crippen molar-refractivity contribution in [2.45, 2.75) is 45.6 Å².